The Kier molecular flexibility index (Phi) is 5.98. The van der Waals surface area contributed by atoms with E-state index in [9.17, 15) is 4.79 Å². The summed E-state index contributed by atoms with van der Waals surface area (Å²) in [6, 6.07) is 1.02. The molecular weight excluding hydrogens is 224 g/mol. The lowest BCUT2D eigenvalue weighted by molar-refractivity contribution is -0.121. The Labute approximate surface area is 111 Å². The first-order valence-electron chi connectivity index (χ1n) is 7.87. The van der Waals surface area contributed by atoms with Crippen LogP contribution in [0, 0.1) is 0 Å². The largest absolute Gasteiger partial charge is 0.352 e. The minimum atomic E-state index is 0.201. The number of amides is 1. The van der Waals surface area contributed by atoms with E-state index in [1.54, 1.807) is 0 Å². The van der Waals surface area contributed by atoms with Crippen LogP contribution in [-0.4, -0.2) is 24.5 Å². The second-order valence-electron chi connectivity index (χ2n) is 5.97. The molecule has 2 saturated carbocycles. The van der Waals surface area contributed by atoms with Crippen molar-refractivity contribution < 1.29 is 4.79 Å². The summed E-state index contributed by atoms with van der Waals surface area (Å²) in [6.07, 6.45) is 14.1. The van der Waals surface area contributed by atoms with Gasteiger partial charge in [0.25, 0.3) is 0 Å². The smallest absolute Gasteiger partial charge is 0.234 e. The van der Waals surface area contributed by atoms with Crippen molar-refractivity contribution in [3.63, 3.8) is 0 Å². The lowest BCUT2D eigenvalue weighted by atomic mass is 9.97. The fourth-order valence-corrected chi connectivity index (χ4v) is 3.25. The first kappa shape index (κ1) is 13.9. The van der Waals surface area contributed by atoms with Gasteiger partial charge in [-0.3, -0.25) is 4.79 Å². The van der Waals surface area contributed by atoms with Gasteiger partial charge in [0.1, 0.15) is 0 Å². The molecule has 0 saturated heterocycles. The van der Waals surface area contributed by atoms with Crippen LogP contribution in [0.3, 0.4) is 0 Å². The normalized spacial score (nSPS) is 23.6. The van der Waals surface area contributed by atoms with Gasteiger partial charge in [0.05, 0.1) is 6.54 Å². The molecule has 3 nitrogen and oxygen atoms in total. The van der Waals surface area contributed by atoms with E-state index in [4.69, 9.17) is 0 Å². The van der Waals surface area contributed by atoms with Gasteiger partial charge in [-0.25, -0.2) is 0 Å². The average molecular weight is 252 g/mol. The van der Waals surface area contributed by atoms with Gasteiger partial charge in [-0.2, -0.15) is 0 Å². The summed E-state index contributed by atoms with van der Waals surface area (Å²) in [5.41, 5.74) is 0. The third-order valence-corrected chi connectivity index (χ3v) is 4.38. The van der Waals surface area contributed by atoms with Crippen LogP contribution in [0.25, 0.3) is 0 Å². The zero-order chi connectivity index (χ0) is 12.6. The van der Waals surface area contributed by atoms with Crippen molar-refractivity contribution >= 4 is 5.91 Å². The fraction of sp³-hybridized carbons (Fsp3) is 0.933. The van der Waals surface area contributed by atoms with Crippen LogP contribution in [0.15, 0.2) is 0 Å². The molecule has 3 heteroatoms. The lowest BCUT2D eigenvalue weighted by Crippen LogP contribution is -2.42. The minimum Gasteiger partial charge on any atom is -0.352 e. The SMILES string of the molecule is O=C(CNC1CCCC1)NC1CCCCCCC1. The van der Waals surface area contributed by atoms with Crippen molar-refractivity contribution in [2.24, 2.45) is 0 Å². The van der Waals surface area contributed by atoms with Gasteiger partial charge in [0, 0.05) is 12.1 Å². The van der Waals surface area contributed by atoms with E-state index >= 15 is 0 Å². The van der Waals surface area contributed by atoms with Crippen LogP contribution in [0.4, 0.5) is 0 Å². The van der Waals surface area contributed by atoms with E-state index in [0.717, 1.165) is 0 Å². The zero-order valence-corrected chi connectivity index (χ0v) is 11.5. The topological polar surface area (TPSA) is 41.1 Å². The van der Waals surface area contributed by atoms with E-state index in [1.165, 1.54) is 70.6 Å². The minimum absolute atomic E-state index is 0.201. The molecule has 2 rings (SSSR count). The third kappa shape index (κ3) is 4.97. The predicted octanol–water partition coefficient (Wildman–Crippen LogP) is 2.75. The molecule has 0 aliphatic heterocycles. The number of carbonyl (C=O) groups excluding carboxylic acids is 1. The highest BCUT2D eigenvalue weighted by Crippen LogP contribution is 2.18. The maximum atomic E-state index is 11.9. The van der Waals surface area contributed by atoms with Gasteiger partial charge < -0.3 is 10.6 Å². The Balaban J connectivity index is 1.62. The monoisotopic (exact) mass is 252 g/mol. The summed E-state index contributed by atoms with van der Waals surface area (Å²) in [7, 11) is 0. The van der Waals surface area contributed by atoms with Crippen molar-refractivity contribution in [3.05, 3.63) is 0 Å². The summed E-state index contributed by atoms with van der Waals surface area (Å²) in [4.78, 5) is 11.9. The predicted molar refractivity (Wildman–Crippen MR) is 74.5 cm³/mol. The molecule has 0 unspecified atom stereocenters. The van der Waals surface area contributed by atoms with E-state index in [2.05, 4.69) is 10.6 Å². The molecule has 0 aromatic carbocycles. The molecule has 2 fully saturated rings. The molecule has 0 radical (unpaired) electrons. The van der Waals surface area contributed by atoms with Gasteiger partial charge in [0.2, 0.25) is 5.91 Å². The summed E-state index contributed by atoms with van der Waals surface area (Å²) in [6.45, 7) is 0.515. The fourth-order valence-electron chi connectivity index (χ4n) is 3.25. The third-order valence-electron chi connectivity index (χ3n) is 4.38. The Hall–Kier alpha value is -0.570. The summed E-state index contributed by atoms with van der Waals surface area (Å²) < 4.78 is 0. The summed E-state index contributed by atoms with van der Waals surface area (Å²) >= 11 is 0. The molecule has 0 aromatic heterocycles. The van der Waals surface area contributed by atoms with Crippen molar-refractivity contribution in [2.45, 2.75) is 82.7 Å². The molecular formula is C15H28N2O. The molecule has 0 bridgehead atoms. The number of rotatable bonds is 4. The van der Waals surface area contributed by atoms with Crippen LogP contribution in [0.5, 0.6) is 0 Å². The Morgan fingerprint density at radius 1 is 0.778 bits per heavy atom. The Bertz CT molecular complexity index is 241. The number of carbonyl (C=O) groups is 1. The first-order valence-corrected chi connectivity index (χ1v) is 7.87. The molecule has 2 N–H and O–H groups in total. The second-order valence-corrected chi connectivity index (χ2v) is 5.97. The van der Waals surface area contributed by atoms with E-state index in [-0.39, 0.29) is 5.91 Å². The maximum Gasteiger partial charge on any atom is 0.234 e. The zero-order valence-electron chi connectivity index (χ0n) is 11.5. The van der Waals surface area contributed by atoms with Gasteiger partial charge >= 0.3 is 0 Å². The van der Waals surface area contributed by atoms with E-state index in [0.29, 0.717) is 18.6 Å². The van der Waals surface area contributed by atoms with E-state index in [1.807, 2.05) is 0 Å². The van der Waals surface area contributed by atoms with Crippen molar-refractivity contribution in [1.29, 1.82) is 0 Å². The molecule has 0 aromatic rings. The van der Waals surface area contributed by atoms with Gasteiger partial charge in [0.15, 0.2) is 0 Å². The molecule has 18 heavy (non-hydrogen) atoms. The van der Waals surface area contributed by atoms with E-state index < -0.39 is 0 Å². The molecule has 104 valence electrons. The highest BCUT2D eigenvalue weighted by Gasteiger charge is 2.17. The molecule has 2 aliphatic carbocycles. The summed E-state index contributed by atoms with van der Waals surface area (Å²) in [5, 5.41) is 6.60. The van der Waals surface area contributed by atoms with Crippen LogP contribution >= 0.6 is 0 Å². The van der Waals surface area contributed by atoms with Crippen LogP contribution < -0.4 is 10.6 Å². The van der Waals surface area contributed by atoms with Gasteiger partial charge in [-0.05, 0) is 25.7 Å². The van der Waals surface area contributed by atoms with Crippen molar-refractivity contribution in [1.82, 2.24) is 10.6 Å². The summed E-state index contributed by atoms with van der Waals surface area (Å²) in [5.74, 6) is 0.201. The molecule has 0 atom stereocenters. The van der Waals surface area contributed by atoms with Gasteiger partial charge in [-0.1, -0.05) is 44.9 Å². The molecule has 2 aliphatic rings. The van der Waals surface area contributed by atoms with Crippen LogP contribution in [0.1, 0.15) is 70.6 Å². The van der Waals surface area contributed by atoms with Crippen LogP contribution in [0.2, 0.25) is 0 Å². The standard InChI is InChI=1S/C15H28N2O/c18-15(12-16-13-8-6-7-9-13)17-14-10-4-2-1-3-5-11-14/h13-14,16H,1-12H2,(H,17,18). The Morgan fingerprint density at radius 3 is 1.94 bits per heavy atom. The van der Waals surface area contributed by atoms with Crippen LogP contribution in [-0.2, 0) is 4.79 Å². The highest BCUT2D eigenvalue weighted by atomic mass is 16.1. The average Bonchev–Trinajstić information content (AvgIpc) is 2.83. The number of hydrogen-bond acceptors (Lipinski definition) is 2. The van der Waals surface area contributed by atoms with Crippen molar-refractivity contribution in [2.75, 3.05) is 6.54 Å². The first-order chi connectivity index (χ1) is 8.84. The second kappa shape index (κ2) is 7.78. The van der Waals surface area contributed by atoms with Crippen molar-refractivity contribution in [3.8, 4) is 0 Å². The lowest BCUT2D eigenvalue weighted by Gasteiger charge is -2.21. The quantitative estimate of drug-likeness (QED) is 0.808. The molecule has 1 amide bonds. The molecule has 0 heterocycles. The number of nitrogens with one attached hydrogen (secondary N) is 2. The molecule has 0 spiro atoms. The maximum absolute atomic E-state index is 11.9. The number of hydrogen-bond donors (Lipinski definition) is 2. The Morgan fingerprint density at radius 2 is 1.28 bits per heavy atom. The highest BCUT2D eigenvalue weighted by molar-refractivity contribution is 5.78. The van der Waals surface area contributed by atoms with Gasteiger partial charge in [-0.15, -0.1) is 0 Å².